The number of hydrogen-bond acceptors (Lipinski definition) is 0. The molecule has 0 radical (unpaired) electrons. The standard InChI is InChI=1S/C18H20.C13H12.C2H6/c1-4-7-13-10-11-15-14-8-5-6-9-16(14)18(2,3)17(15)12-13;1-11-7-9-13(10-8-11)12-5-3-2-4-6-12;1-2/h5-6,8-12H,4,7H2,1-3H3;2-10H,1H3;1-2H3. The van der Waals surface area contributed by atoms with Gasteiger partial charge in [-0.25, -0.2) is 0 Å². The SMILES string of the molecule is CC.CCCc1ccc2c(c1)C(C)(C)c1ccccc1-2.Cc1ccc(-c2ccccc2)cc1. The number of benzene rings is 4. The molecular weight excluding hydrogens is 396 g/mol. The van der Waals surface area contributed by atoms with Gasteiger partial charge in [0.25, 0.3) is 0 Å². The first-order valence-corrected chi connectivity index (χ1v) is 12.4. The Balaban J connectivity index is 0.000000181. The van der Waals surface area contributed by atoms with E-state index in [4.69, 9.17) is 0 Å². The topological polar surface area (TPSA) is 0 Å². The van der Waals surface area contributed by atoms with Crippen molar-refractivity contribution < 1.29 is 0 Å². The Bertz CT molecular complexity index is 1150. The monoisotopic (exact) mass is 434 g/mol. The lowest BCUT2D eigenvalue weighted by atomic mass is 9.82. The number of hydrogen-bond donors (Lipinski definition) is 0. The Morgan fingerprint density at radius 2 is 1.18 bits per heavy atom. The summed E-state index contributed by atoms with van der Waals surface area (Å²) in [6, 6.07) is 34.9. The molecule has 0 N–H and O–H groups in total. The van der Waals surface area contributed by atoms with Crippen molar-refractivity contribution in [1.29, 1.82) is 0 Å². The zero-order valence-electron chi connectivity index (χ0n) is 21.2. The molecule has 0 aromatic heterocycles. The summed E-state index contributed by atoms with van der Waals surface area (Å²) < 4.78 is 0. The third-order valence-corrected chi connectivity index (χ3v) is 6.35. The minimum atomic E-state index is 0.148. The molecule has 1 aliphatic carbocycles. The van der Waals surface area contributed by atoms with Gasteiger partial charge in [0.15, 0.2) is 0 Å². The molecule has 0 bridgehead atoms. The van der Waals surface area contributed by atoms with E-state index < -0.39 is 0 Å². The highest BCUT2D eigenvalue weighted by atomic mass is 14.4. The van der Waals surface area contributed by atoms with Gasteiger partial charge in [-0.05, 0) is 52.3 Å². The van der Waals surface area contributed by atoms with E-state index in [1.54, 1.807) is 0 Å². The van der Waals surface area contributed by atoms with E-state index >= 15 is 0 Å². The van der Waals surface area contributed by atoms with Crippen molar-refractivity contribution in [2.24, 2.45) is 0 Å². The van der Waals surface area contributed by atoms with Gasteiger partial charge < -0.3 is 0 Å². The third-order valence-electron chi connectivity index (χ3n) is 6.35. The van der Waals surface area contributed by atoms with Gasteiger partial charge in [-0.3, -0.25) is 0 Å². The summed E-state index contributed by atoms with van der Waals surface area (Å²) in [6.45, 7) is 13.0. The van der Waals surface area contributed by atoms with Gasteiger partial charge in [0.1, 0.15) is 0 Å². The van der Waals surface area contributed by atoms with Crippen LogP contribution in [0.3, 0.4) is 0 Å². The zero-order chi connectivity index (χ0) is 23.8. The van der Waals surface area contributed by atoms with Crippen LogP contribution in [0.25, 0.3) is 22.3 Å². The van der Waals surface area contributed by atoms with E-state index in [0.717, 1.165) is 0 Å². The zero-order valence-corrected chi connectivity index (χ0v) is 21.2. The van der Waals surface area contributed by atoms with E-state index in [2.05, 4.69) is 119 Å². The molecule has 4 aromatic carbocycles. The van der Waals surface area contributed by atoms with Crippen LogP contribution in [-0.2, 0) is 11.8 Å². The minimum absolute atomic E-state index is 0.148. The van der Waals surface area contributed by atoms with Crippen LogP contribution in [0.4, 0.5) is 0 Å². The lowest BCUT2D eigenvalue weighted by molar-refractivity contribution is 0.659. The smallest absolute Gasteiger partial charge is 0.0158 e. The summed E-state index contributed by atoms with van der Waals surface area (Å²) >= 11 is 0. The molecule has 0 amide bonds. The van der Waals surface area contributed by atoms with Gasteiger partial charge in [-0.1, -0.05) is 144 Å². The van der Waals surface area contributed by atoms with Gasteiger partial charge in [-0.15, -0.1) is 0 Å². The summed E-state index contributed by atoms with van der Waals surface area (Å²) in [5.41, 5.74) is 11.3. The van der Waals surface area contributed by atoms with Crippen LogP contribution < -0.4 is 0 Å². The van der Waals surface area contributed by atoms with E-state index in [0.29, 0.717) is 0 Å². The van der Waals surface area contributed by atoms with Crippen LogP contribution in [-0.4, -0.2) is 0 Å². The Kier molecular flexibility index (Phi) is 8.28. The molecule has 0 fully saturated rings. The summed E-state index contributed by atoms with van der Waals surface area (Å²) in [4.78, 5) is 0. The molecule has 1 aliphatic rings. The van der Waals surface area contributed by atoms with Crippen LogP contribution >= 0.6 is 0 Å². The number of aryl methyl sites for hydroxylation is 2. The second-order valence-electron chi connectivity index (χ2n) is 9.03. The molecule has 33 heavy (non-hydrogen) atoms. The molecule has 5 rings (SSSR count). The summed E-state index contributed by atoms with van der Waals surface area (Å²) in [5, 5.41) is 0. The molecule has 0 atom stereocenters. The Morgan fingerprint density at radius 3 is 1.85 bits per heavy atom. The maximum atomic E-state index is 2.42. The van der Waals surface area contributed by atoms with Crippen LogP contribution in [0, 0.1) is 6.92 Å². The quantitative estimate of drug-likeness (QED) is 0.301. The van der Waals surface area contributed by atoms with Crippen molar-refractivity contribution in [3.8, 4) is 22.3 Å². The highest BCUT2D eigenvalue weighted by Crippen LogP contribution is 2.48. The predicted octanol–water partition coefficient (Wildman–Crippen LogP) is 9.63. The van der Waals surface area contributed by atoms with E-state index in [1.165, 1.54) is 57.3 Å². The number of fused-ring (bicyclic) bond motifs is 3. The van der Waals surface area contributed by atoms with Crippen LogP contribution in [0.1, 0.15) is 63.3 Å². The van der Waals surface area contributed by atoms with E-state index in [1.807, 2.05) is 19.9 Å². The Morgan fingerprint density at radius 1 is 0.606 bits per heavy atom. The second kappa shape index (κ2) is 11.1. The average Bonchev–Trinajstić information content (AvgIpc) is 3.09. The first-order chi connectivity index (χ1) is 16.0. The van der Waals surface area contributed by atoms with E-state index in [9.17, 15) is 0 Å². The lowest BCUT2D eigenvalue weighted by Gasteiger charge is -2.21. The van der Waals surface area contributed by atoms with E-state index in [-0.39, 0.29) is 5.41 Å². The van der Waals surface area contributed by atoms with Crippen LogP contribution in [0.2, 0.25) is 0 Å². The minimum Gasteiger partial charge on any atom is -0.0683 e. The van der Waals surface area contributed by atoms with Gasteiger partial charge >= 0.3 is 0 Å². The highest BCUT2D eigenvalue weighted by molar-refractivity contribution is 5.80. The molecule has 0 nitrogen and oxygen atoms in total. The summed E-state index contributed by atoms with van der Waals surface area (Å²) in [6.07, 6.45) is 2.39. The third kappa shape index (κ3) is 5.45. The molecule has 4 aromatic rings. The van der Waals surface area contributed by atoms with Crippen LogP contribution in [0.15, 0.2) is 97.1 Å². The lowest BCUT2D eigenvalue weighted by Crippen LogP contribution is -2.15. The molecule has 0 saturated heterocycles. The largest absolute Gasteiger partial charge is 0.0683 e. The first kappa shape index (κ1) is 24.5. The highest BCUT2D eigenvalue weighted by Gasteiger charge is 2.34. The molecule has 0 aliphatic heterocycles. The Hall–Kier alpha value is -3.12. The van der Waals surface area contributed by atoms with Crippen molar-refractivity contribution in [3.05, 3.63) is 119 Å². The van der Waals surface area contributed by atoms with Crippen molar-refractivity contribution in [3.63, 3.8) is 0 Å². The molecular formula is C33H38. The second-order valence-corrected chi connectivity index (χ2v) is 9.03. The van der Waals surface area contributed by atoms with Gasteiger partial charge in [0, 0.05) is 5.41 Å². The van der Waals surface area contributed by atoms with Gasteiger partial charge in [0.05, 0.1) is 0 Å². The van der Waals surface area contributed by atoms with Crippen molar-refractivity contribution in [1.82, 2.24) is 0 Å². The summed E-state index contributed by atoms with van der Waals surface area (Å²) in [5.74, 6) is 0. The van der Waals surface area contributed by atoms with Crippen LogP contribution in [0.5, 0.6) is 0 Å². The normalized spacial score (nSPS) is 12.4. The fraction of sp³-hybridized carbons (Fsp3) is 0.273. The van der Waals surface area contributed by atoms with Gasteiger partial charge in [0.2, 0.25) is 0 Å². The average molecular weight is 435 g/mol. The van der Waals surface area contributed by atoms with Crippen molar-refractivity contribution in [2.45, 2.75) is 59.8 Å². The Labute approximate surface area is 201 Å². The first-order valence-electron chi connectivity index (χ1n) is 12.4. The number of rotatable bonds is 3. The molecule has 0 heteroatoms. The molecule has 0 saturated carbocycles. The molecule has 0 unspecified atom stereocenters. The van der Waals surface area contributed by atoms with Crippen molar-refractivity contribution in [2.75, 3.05) is 0 Å². The van der Waals surface area contributed by atoms with Crippen molar-refractivity contribution >= 4 is 0 Å². The molecule has 0 heterocycles. The van der Waals surface area contributed by atoms with Gasteiger partial charge in [-0.2, -0.15) is 0 Å². The molecule has 0 spiro atoms. The fourth-order valence-corrected chi connectivity index (χ4v) is 4.57. The predicted molar refractivity (Wildman–Crippen MR) is 146 cm³/mol. The fourth-order valence-electron chi connectivity index (χ4n) is 4.57. The maximum absolute atomic E-state index is 2.42. The summed E-state index contributed by atoms with van der Waals surface area (Å²) in [7, 11) is 0. The molecule has 170 valence electrons. The maximum Gasteiger partial charge on any atom is 0.0158 e.